The maximum atomic E-state index is 12.0. The summed E-state index contributed by atoms with van der Waals surface area (Å²) in [5.41, 5.74) is 0.543. The summed E-state index contributed by atoms with van der Waals surface area (Å²) in [5.74, 6) is 0.336. The number of hydrogen-bond acceptors (Lipinski definition) is 4. The lowest BCUT2D eigenvalue weighted by molar-refractivity contribution is 0.0764. The van der Waals surface area contributed by atoms with E-state index in [1.54, 1.807) is 23.2 Å². The minimum atomic E-state index is -0.396. The molecule has 1 aliphatic heterocycles. The number of β-amino-alcohol motifs (C(OH)–C–C–N with tert-alkyl or cyclic N) is 1. The third-order valence-electron chi connectivity index (χ3n) is 2.64. The zero-order valence-electron chi connectivity index (χ0n) is 9.09. The summed E-state index contributed by atoms with van der Waals surface area (Å²) >= 11 is 0. The molecule has 16 heavy (non-hydrogen) atoms. The molecule has 86 valence electrons. The molecule has 1 fully saturated rings. The number of methoxy groups -OCH3 is 1. The van der Waals surface area contributed by atoms with Crippen molar-refractivity contribution in [1.29, 1.82) is 0 Å². The van der Waals surface area contributed by atoms with E-state index in [2.05, 4.69) is 4.98 Å². The molecular weight excluding hydrogens is 208 g/mol. The molecule has 5 nitrogen and oxygen atoms in total. The van der Waals surface area contributed by atoms with Gasteiger partial charge in [0.15, 0.2) is 0 Å². The molecule has 0 aromatic carbocycles. The molecule has 0 bridgehead atoms. The number of likely N-dealkylation sites (tertiary alicyclic amines) is 1. The van der Waals surface area contributed by atoms with E-state index in [0.29, 0.717) is 31.0 Å². The molecule has 1 amide bonds. The van der Waals surface area contributed by atoms with Crippen LogP contribution in [0.25, 0.3) is 0 Å². The maximum Gasteiger partial charge on any atom is 0.254 e. The predicted octanol–water partition coefficient (Wildman–Crippen LogP) is 0.297. The highest BCUT2D eigenvalue weighted by Crippen LogP contribution is 2.15. The smallest absolute Gasteiger partial charge is 0.254 e. The van der Waals surface area contributed by atoms with Crippen LogP contribution in [0.5, 0.6) is 5.88 Å². The highest BCUT2D eigenvalue weighted by molar-refractivity contribution is 5.94. The van der Waals surface area contributed by atoms with Gasteiger partial charge in [0.1, 0.15) is 0 Å². The Kier molecular flexibility index (Phi) is 3.05. The number of aromatic nitrogens is 1. The third-order valence-corrected chi connectivity index (χ3v) is 2.64. The number of carbonyl (C=O) groups excluding carboxylic acids is 1. The zero-order chi connectivity index (χ0) is 11.5. The largest absolute Gasteiger partial charge is 0.481 e. The predicted molar refractivity (Wildman–Crippen MR) is 57.3 cm³/mol. The molecule has 0 saturated carbocycles. The quantitative estimate of drug-likeness (QED) is 0.781. The van der Waals surface area contributed by atoms with Crippen LogP contribution >= 0.6 is 0 Å². The Morgan fingerprint density at radius 2 is 2.50 bits per heavy atom. The van der Waals surface area contributed by atoms with Crippen molar-refractivity contribution < 1.29 is 14.6 Å². The van der Waals surface area contributed by atoms with E-state index in [1.807, 2.05) is 0 Å². The van der Waals surface area contributed by atoms with Crippen molar-refractivity contribution in [3.05, 3.63) is 23.9 Å². The Bertz CT molecular complexity index is 395. The molecule has 0 unspecified atom stereocenters. The van der Waals surface area contributed by atoms with Crippen molar-refractivity contribution in [2.24, 2.45) is 0 Å². The van der Waals surface area contributed by atoms with Crippen LogP contribution in [-0.4, -0.2) is 47.2 Å². The van der Waals surface area contributed by atoms with Crippen molar-refractivity contribution in [2.45, 2.75) is 12.5 Å². The standard InChI is InChI=1S/C11H14N2O3/c1-16-10-6-8(2-4-12-10)11(15)13-5-3-9(14)7-13/h2,4,6,9,14H,3,5,7H2,1H3/t9-/m1/s1. The molecule has 2 heterocycles. The van der Waals surface area contributed by atoms with Crippen molar-refractivity contribution >= 4 is 5.91 Å². The van der Waals surface area contributed by atoms with E-state index in [-0.39, 0.29) is 5.91 Å². The van der Waals surface area contributed by atoms with Gasteiger partial charge in [-0.05, 0) is 12.5 Å². The number of amides is 1. The number of aliphatic hydroxyl groups excluding tert-OH is 1. The molecule has 1 saturated heterocycles. The van der Waals surface area contributed by atoms with E-state index in [1.165, 1.54) is 7.11 Å². The van der Waals surface area contributed by atoms with Gasteiger partial charge >= 0.3 is 0 Å². The number of nitrogens with zero attached hydrogens (tertiary/aromatic N) is 2. The fourth-order valence-corrected chi connectivity index (χ4v) is 1.76. The summed E-state index contributed by atoms with van der Waals surface area (Å²) in [6, 6.07) is 3.25. The molecular formula is C11H14N2O3. The monoisotopic (exact) mass is 222 g/mol. The van der Waals surface area contributed by atoms with Gasteiger partial charge in [-0.15, -0.1) is 0 Å². The van der Waals surface area contributed by atoms with Gasteiger partial charge in [0.2, 0.25) is 5.88 Å². The van der Waals surface area contributed by atoms with Gasteiger partial charge < -0.3 is 14.7 Å². The molecule has 0 radical (unpaired) electrons. The van der Waals surface area contributed by atoms with E-state index < -0.39 is 6.10 Å². The van der Waals surface area contributed by atoms with E-state index >= 15 is 0 Å². The molecule has 1 atom stereocenters. The SMILES string of the molecule is COc1cc(C(=O)N2CC[C@@H](O)C2)ccn1. The van der Waals surface area contributed by atoms with Gasteiger partial charge in [-0.25, -0.2) is 4.98 Å². The van der Waals surface area contributed by atoms with Gasteiger partial charge in [0.05, 0.1) is 13.2 Å². The van der Waals surface area contributed by atoms with Crippen LogP contribution in [0.3, 0.4) is 0 Å². The number of carbonyl (C=O) groups is 1. The lowest BCUT2D eigenvalue weighted by atomic mass is 10.2. The second-order valence-corrected chi connectivity index (χ2v) is 3.78. The second-order valence-electron chi connectivity index (χ2n) is 3.78. The molecule has 0 aliphatic carbocycles. The first kappa shape index (κ1) is 10.9. The summed E-state index contributed by atoms with van der Waals surface area (Å²) in [7, 11) is 1.51. The van der Waals surface area contributed by atoms with Crippen LogP contribution in [0.4, 0.5) is 0 Å². The van der Waals surface area contributed by atoms with Crippen molar-refractivity contribution in [1.82, 2.24) is 9.88 Å². The van der Waals surface area contributed by atoms with Crippen molar-refractivity contribution in [3.63, 3.8) is 0 Å². The number of rotatable bonds is 2. The van der Waals surface area contributed by atoms with Gasteiger partial charge in [-0.3, -0.25) is 4.79 Å². The van der Waals surface area contributed by atoms with Gasteiger partial charge in [-0.1, -0.05) is 0 Å². The number of hydrogen-bond donors (Lipinski definition) is 1. The van der Waals surface area contributed by atoms with E-state index in [9.17, 15) is 9.90 Å². The second kappa shape index (κ2) is 4.49. The number of ether oxygens (including phenoxy) is 1. The van der Waals surface area contributed by atoms with Crippen LogP contribution in [0, 0.1) is 0 Å². The molecule has 5 heteroatoms. The highest BCUT2D eigenvalue weighted by atomic mass is 16.5. The van der Waals surface area contributed by atoms with E-state index in [4.69, 9.17) is 4.74 Å². The van der Waals surface area contributed by atoms with Crippen LogP contribution in [0.2, 0.25) is 0 Å². The fourth-order valence-electron chi connectivity index (χ4n) is 1.76. The summed E-state index contributed by atoms with van der Waals surface area (Å²) < 4.78 is 4.96. The van der Waals surface area contributed by atoms with Crippen LogP contribution in [-0.2, 0) is 0 Å². The fraction of sp³-hybridized carbons (Fsp3) is 0.455. The Morgan fingerprint density at radius 1 is 1.69 bits per heavy atom. The maximum absolute atomic E-state index is 12.0. The Labute approximate surface area is 93.7 Å². The van der Waals surface area contributed by atoms with Gasteiger partial charge in [0, 0.05) is 30.9 Å². The minimum Gasteiger partial charge on any atom is -0.481 e. The van der Waals surface area contributed by atoms with Crippen LogP contribution in [0.1, 0.15) is 16.8 Å². The highest BCUT2D eigenvalue weighted by Gasteiger charge is 2.25. The normalized spacial score (nSPS) is 19.9. The molecule has 1 N–H and O–H groups in total. The van der Waals surface area contributed by atoms with Gasteiger partial charge in [-0.2, -0.15) is 0 Å². The van der Waals surface area contributed by atoms with Gasteiger partial charge in [0.25, 0.3) is 5.91 Å². The Balaban J connectivity index is 2.14. The molecule has 2 rings (SSSR count). The zero-order valence-corrected chi connectivity index (χ0v) is 9.09. The lowest BCUT2D eigenvalue weighted by Crippen LogP contribution is -2.29. The molecule has 1 aliphatic rings. The van der Waals surface area contributed by atoms with Crippen LogP contribution < -0.4 is 4.74 Å². The summed E-state index contributed by atoms with van der Waals surface area (Å²) in [4.78, 5) is 17.6. The van der Waals surface area contributed by atoms with Crippen LogP contribution in [0.15, 0.2) is 18.3 Å². The van der Waals surface area contributed by atoms with Crippen molar-refractivity contribution in [3.8, 4) is 5.88 Å². The lowest BCUT2D eigenvalue weighted by Gasteiger charge is -2.15. The molecule has 0 spiro atoms. The topological polar surface area (TPSA) is 62.7 Å². The third kappa shape index (κ3) is 2.14. The van der Waals surface area contributed by atoms with E-state index in [0.717, 1.165) is 0 Å². The molecule has 1 aromatic rings. The summed E-state index contributed by atoms with van der Waals surface area (Å²) in [6.07, 6.45) is 1.79. The first-order chi connectivity index (χ1) is 7.70. The molecule has 1 aromatic heterocycles. The summed E-state index contributed by atoms with van der Waals surface area (Å²) in [6.45, 7) is 1.01. The number of pyridine rings is 1. The average Bonchev–Trinajstić information content (AvgIpc) is 2.75. The first-order valence-corrected chi connectivity index (χ1v) is 5.18. The number of aliphatic hydroxyl groups is 1. The van der Waals surface area contributed by atoms with Crippen molar-refractivity contribution in [2.75, 3.05) is 20.2 Å². The summed E-state index contributed by atoms with van der Waals surface area (Å²) in [5, 5.41) is 9.37. The first-order valence-electron chi connectivity index (χ1n) is 5.18. The Morgan fingerprint density at radius 3 is 3.12 bits per heavy atom. The Hall–Kier alpha value is -1.62. The average molecular weight is 222 g/mol. The minimum absolute atomic E-state index is 0.0859.